The second-order valence-electron chi connectivity index (χ2n) is 10.3. The van der Waals surface area contributed by atoms with E-state index in [-0.39, 0.29) is 6.10 Å². The minimum atomic E-state index is 0.252. The third-order valence-corrected chi connectivity index (χ3v) is 8.01. The summed E-state index contributed by atoms with van der Waals surface area (Å²) in [6, 6.07) is 7.37. The molecular weight excluding hydrogens is 440 g/mol. The fraction of sp³-hybridized carbons (Fsp3) is 0.593. The molecule has 8 nitrogen and oxygen atoms in total. The van der Waals surface area contributed by atoms with E-state index in [1.165, 1.54) is 24.0 Å². The molecule has 2 aromatic heterocycles. The monoisotopic (exact) mass is 476 g/mol. The van der Waals surface area contributed by atoms with Gasteiger partial charge in [0.25, 0.3) is 0 Å². The van der Waals surface area contributed by atoms with Crippen LogP contribution in [0, 0.1) is 13.8 Å². The van der Waals surface area contributed by atoms with Crippen molar-refractivity contribution >= 4 is 16.7 Å². The van der Waals surface area contributed by atoms with E-state index >= 15 is 0 Å². The molecule has 3 fully saturated rings. The van der Waals surface area contributed by atoms with Gasteiger partial charge in [0.1, 0.15) is 11.6 Å². The lowest BCUT2D eigenvalue weighted by molar-refractivity contribution is -0.0712. The Morgan fingerprint density at radius 3 is 2.54 bits per heavy atom. The number of rotatable bonds is 5. The maximum Gasteiger partial charge on any atom is 0.159 e. The third-order valence-electron chi connectivity index (χ3n) is 8.01. The number of hydrogen-bond donors (Lipinski definition) is 0. The van der Waals surface area contributed by atoms with Gasteiger partial charge in [-0.05, 0) is 75.4 Å². The highest BCUT2D eigenvalue weighted by Gasteiger charge is 2.31. The summed E-state index contributed by atoms with van der Waals surface area (Å²) in [5.41, 5.74) is 3.94. The lowest BCUT2D eigenvalue weighted by Crippen LogP contribution is -2.51. The van der Waals surface area contributed by atoms with Crippen LogP contribution in [0.2, 0.25) is 0 Å². The van der Waals surface area contributed by atoms with Crippen LogP contribution in [-0.4, -0.2) is 82.8 Å². The molecule has 0 N–H and O–H groups in total. The van der Waals surface area contributed by atoms with Crippen LogP contribution in [0.4, 0.5) is 5.82 Å². The first-order chi connectivity index (χ1) is 17.1. The lowest BCUT2D eigenvalue weighted by atomic mass is 9.85. The van der Waals surface area contributed by atoms with E-state index in [1.807, 2.05) is 17.8 Å². The largest absolute Gasteiger partial charge is 0.378 e. The average molecular weight is 477 g/mol. The predicted molar refractivity (Wildman–Crippen MR) is 137 cm³/mol. The maximum atomic E-state index is 5.87. The predicted octanol–water partition coefficient (Wildman–Crippen LogP) is 3.63. The Hall–Kier alpha value is -2.55. The van der Waals surface area contributed by atoms with Crippen molar-refractivity contribution in [2.24, 2.45) is 0 Å². The van der Waals surface area contributed by atoms with Gasteiger partial charge in [0, 0.05) is 24.5 Å². The summed E-state index contributed by atoms with van der Waals surface area (Å²) >= 11 is 0. The Kier molecular flexibility index (Phi) is 6.20. The number of likely N-dealkylation sites (tertiary alicyclic amines) is 1. The first-order valence-electron chi connectivity index (χ1n) is 13.1. The molecule has 0 spiro atoms. The van der Waals surface area contributed by atoms with Gasteiger partial charge in [-0.2, -0.15) is 5.10 Å². The molecule has 1 aromatic carbocycles. The quantitative estimate of drug-likeness (QED) is 0.557. The van der Waals surface area contributed by atoms with Crippen molar-refractivity contribution in [1.82, 2.24) is 24.6 Å². The SMILES string of the molecule is CCC1CN(c2cc(-n3ncc4cc(C)c(C5CCN(C6COC6)CC5)cc43)nc(C)n2)CCO1. The van der Waals surface area contributed by atoms with E-state index < -0.39 is 0 Å². The Bertz CT molecular complexity index is 1200. The summed E-state index contributed by atoms with van der Waals surface area (Å²) < 4.78 is 13.3. The van der Waals surface area contributed by atoms with Crippen LogP contribution in [-0.2, 0) is 9.47 Å². The van der Waals surface area contributed by atoms with Crippen LogP contribution in [0.1, 0.15) is 49.1 Å². The summed E-state index contributed by atoms with van der Waals surface area (Å²) in [4.78, 5) is 14.5. The molecular formula is C27H36N6O2. The fourth-order valence-electron chi connectivity index (χ4n) is 5.82. The second-order valence-corrected chi connectivity index (χ2v) is 10.3. The normalized spacial score (nSPS) is 22.6. The van der Waals surface area contributed by atoms with E-state index in [2.05, 4.69) is 41.8 Å². The average Bonchev–Trinajstić information content (AvgIpc) is 3.25. The Balaban J connectivity index is 1.30. The van der Waals surface area contributed by atoms with Crippen molar-refractivity contribution in [2.75, 3.05) is 50.9 Å². The molecule has 35 heavy (non-hydrogen) atoms. The number of benzene rings is 1. The topological polar surface area (TPSA) is 68.5 Å². The number of anilines is 1. The number of aromatic nitrogens is 4. The maximum absolute atomic E-state index is 5.87. The minimum Gasteiger partial charge on any atom is -0.378 e. The number of ether oxygens (including phenoxy) is 2. The van der Waals surface area contributed by atoms with Gasteiger partial charge in [0.05, 0.1) is 43.7 Å². The zero-order valence-electron chi connectivity index (χ0n) is 21.1. The molecule has 0 bridgehead atoms. The second kappa shape index (κ2) is 9.48. The molecule has 5 heterocycles. The van der Waals surface area contributed by atoms with Gasteiger partial charge in [-0.1, -0.05) is 6.92 Å². The molecule has 0 radical (unpaired) electrons. The highest BCUT2D eigenvalue weighted by Crippen LogP contribution is 2.34. The number of piperidine rings is 1. The van der Waals surface area contributed by atoms with Crippen LogP contribution in [0.5, 0.6) is 0 Å². The molecule has 3 aromatic rings. The van der Waals surface area contributed by atoms with Crippen molar-refractivity contribution in [1.29, 1.82) is 0 Å². The van der Waals surface area contributed by atoms with Gasteiger partial charge in [-0.3, -0.25) is 4.90 Å². The van der Waals surface area contributed by atoms with Crippen LogP contribution >= 0.6 is 0 Å². The summed E-state index contributed by atoms with van der Waals surface area (Å²) in [5, 5.41) is 5.92. The standard InChI is InChI=1S/C27H36N6O2/c1-4-23-15-32(9-10-35-23)26-13-27(30-19(3)29-26)33-25-12-24(18(2)11-21(25)14-28-33)20-5-7-31(8-6-20)22-16-34-17-22/h11-14,20,22-23H,4-10,15-17H2,1-3H3. The summed E-state index contributed by atoms with van der Waals surface area (Å²) in [5.74, 6) is 3.14. The van der Waals surface area contributed by atoms with E-state index in [0.29, 0.717) is 12.0 Å². The summed E-state index contributed by atoms with van der Waals surface area (Å²) in [7, 11) is 0. The van der Waals surface area contributed by atoms with Crippen molar-refractivity contribution < 1.29 is 9.47 Å². The van der Waals surface area contributed by atoms with Crippen LogP contribution in [0.15, 0.2) is 24.4 Å². The van der Waals surface area contributed by atoms with Gasteiger partial charge in [0.2, 0.25) is 0 Å². The number of morpholine rings is 1. The molecule has 8 heteroatoms. The van der Waals surface area contributed by atoms with Crippen molar-refractivity contribution in [3.8, 4) is 5.82 Å². The highest BCUT2D eigenvalue weighted by atomic mass is 16.5. The van der Waals surface area contributed by atoms with Gasteiger partial charge in [0.15, 0.2) is 5.82 Å². The van der Waals surface area contributed by atoms with Crippen molar-refractivity contribution in [2.45, 2.75) is 58.1 Å². The lowest BCUT2D eigenvalue weighted by Gasteiger charge is -2.41. The Morgan fingerprint density at radius 1 is 1.00 bits per heavy atom. The van der Waals surface area contributed by atoms with Gasteiger partial charge in [-0.25, -0.2) is 14.6 Å². The van der Waals surface area contributed by atoms with Gasteiger partial charge in [-0.15, -0.1) is 0 Å². The molecule has 0 amide bonds. The van der Waals surface area contributed by atoms with Crippen LogP contribution in [0.3, 0.4) is 0 Å². The minimum absolute atomic E-state index is 0.252. The first kappa shape index (κ1) is 22.9. The zero-order chi connectivity index (χ0) is 23.9. The number of fused-ring (bicyclic) bond motifs is 1. The summed E-state index contributed by atoms with van der Waals surface area (Å²) in [6.45, 7) is 12.9. The van der Waals surface area contributed by atoms with E-state index in [9.17, 15) is 0 Å². The Morgan fingerprint density at radius 2 is 1.80 bits per heavy atom. The molecule has 186 valence electrons. The molecule has 3 aliphatic rings. The van der Waals surface area contributed by atoms with E-state index in [0.717, 1.165) is 80.8 Å². The fourth-order valence-corrected chi connectivity index (χ4v) is 5.82. The number of nitrogens with zero attached hydrogens (tertiary/aromatic N) is 6. The summed E-state index contributed by atoms with van der Waals surface area (Å²) in [6.07, 6.45) is 5.62. The third kappa shape index (κ3) is 4.43. The Labute approximate surface area is 207 Å². The molecule has 0 aliphatic carbocycles. The smallest absolute Gasteiger partial charge is 0.159 e. The molecule has 3 saturated heterocycles. The molecule has 3 aliphatic heterocycles. The first-order valence-corrected chi connectivity index (χ1v) is 13.1. The van der Waals surface area contributed by atoms with Crippen LogP contribution < -0.4 is 4.90 Å². The molecule has 1 unspecified atom stereocenters. The van der Waals surface area contributed by atoms with Crippen molar-refractivity contribution in [3.63, 3.8) is 0 Å². The van der Waals surface area contributed by atoms with Crippen LogP contribution in [0.25, 0.3) is 16.7 Å². The van der Waals surface area contributed by atoms with Gasteiger partial charge < -0.3 is 14.4 Å². The zero-order valence-corrected chi connectivity index (χ0v) is 21.1. The van der Waals surface area contributed by atoms with E-state index in [1.54, 1.807) is 0 Å². The van der Waals surface area contributed by atoms with Crippen molar-refractivity contribution in [3.05, 3.63) is 41.3 Å². The highest BCUT2D eigenvalue weighted by molar-refractivity contribution is 5.82. The number of hydrogen-bond acceptors (Lipinski definition) is 7. The molecule has 0 saturated carbocycles. The van der Waals surface area contributed by atoms with Gasteiger partial charge >= 0.3 is 0 Å². The number of aryl methyl sites for hydroxylation is 2. The molecule has 6 rings (SSSR count). The van der Waals surface area contributed by atoms with E-state index in [4.69, 9.17) is 24.5 Å². The molecule has 1 atom stereocenters.